The number of likely N-dealkylation sites (N-methyl/N-ethyl adjacent to an activating group) is 2. The number of nitrogens with zero attached hydrogens (tertiary/aromatic N) is 2. The number of hydrogen-bond acceptors (Lipinski definition) is 14. The molecule has 0 heterocycles. The molecule has 0 aliphatic rings. The molecule has 0 aliphatic heterocycles. The van der Waals surface area contributed by atoms with Gasteiger partial charge in [0.05, 0.1) is 14.2 Å². The van der Waals surface area contributed by atoms with Crippen LogP contribution in [-0.4, -0.2) is 119 Å². The zero-order chi connectivity index (χ0) is 34.9. The number of benzene rings is 1. The fourth-order valence-electron chi connectivity index (χ4n) is 3.41. The van der Waals surface area contributed by atoms with E-state index in [4.69, 9.17) is 28.4 Å². The molecule has 0 saturated carbocycles. The maximum absolute atomic E-state index is 11.7. The molecule has 1 aromatic carbocycles. The van der Waals surface area contributed by atoms with Crippen molar-refractivity contribution in [2.45, 2.75) is 85.3 Å². The molecule has 4 atom stereocenters. The molecular weight excluding hydrogens is 604 g/mol. The predicted octanol–water partition coefficient (Wildman–Crippen LogP) is 5.65. The molecule has 0 aromatic heterocycles. The minimum atomic E-state index is -0.815. The van der Waals surface area contributed by atoms with Gasteiger partial charge in [0.25, 0.3) is 0 Å². The summed E-state index contributed by atoms with van der Waals surface area (Å²) in [4.78, 5) is 49.7. The van der Waals surface area contributed by atoms with E-state index in [1.807, 2.05) is 70.0 Å². The van der Waals surface area contributed by atoms with Crippen LogP contribution in [0.5, 0.6) is 0 Å². The first-order valence-corrected chi connectivity index (χ1v) is 15.5. The van der Waals surface area contributed by atoms with Gasteiger partial charge in [0.15, 0.2) is 12.2 Å². The molecule has 0 saturated heterocycles. The first kappa shape index (κ1) is 42.2. The van der Waals surface area contributed by atoms with E-state index in [1.54, 1.807) is 13.8 Å². The largest absolute Gasteiger partial charge is 0.508 e. The first-order valence-electron chi connectivity index (χ1n) is 15.5. The molecule has 0 amide bonds. The van der Waals surface area contributed by atoms with E-state index >= 15 is 0 Å². The Morgan fingerprint density at radius 1 is 0.652 bits per heavy atom. The van der Waals surface area contributed by atoms with Crippen molar-refractivity contribution in [3.8, 4) is 0 Å². The number of hydrogen-bond donors (Lipinski definition) is 0. The molecule has 1 rings (SSSR count). The third-order valence-electron chi connectivity index (χ3n) is 6.59. The summed E-state index contributed by atoms with van der Waals surface area (Å²) in [5.74, 6) is 0. The Balaban J connectivity index is 0.000000914. The molecule has 0 aliphatic carbocycles. The molecule has 264 valence electrons. The van der Waals surface area contributed by atoms with Gasteiger partial charge >= 0.3 is 24.6 Å². The van der Waals surface area contributed by atoms with Gasteiger partial charge in [-0.05, 0) is 52.4 Å². The molecule has 0 N–H and O–H groups in total. The highest BCUT2D eigenvalue weighted by atomic mass is 16.8. The molecule has 0 fully saturated rings. The van der Waals surface area contributed by atoms with Crippen molar-refractivity contribution in [2.24, 2.45) is 0 Å². The van der Waals surface area contributed by atoms with Crippen molar-refractivity contribution in [1.29, 1.82) is 0 Å². The lowest BCUT2D eigenvalue weighted by Gasteiger charge is -2.26. The number of carbonyl (C=O) groups is 4. The van der Waals surface area contributed by atoms with Gasteiger partial charge in [-0.15, -0.1) is 0 Å². The van der Waals surface area contributed by atoms with Crippen LogP contribution in [0.3, 0.4) is 0 Å². The number of methoxy groups -OCH3 is 2. The minimum Gasteiger partial charge on any atom is -0.438 e. The highest BCUT2D eigenvalue weighted by Crippen LogP contribution is 2.09. The Morgan fingerprint density at radius 3 is 1.50 bits per heavy atom. The van der Waals surface area contributed by atoms with Crippen LogP contribution in [0.15, 0.2) is 30.3 Å². The smallest absolute Gasteiger partial charge is 0.438 e. The van der Waals surface area contributed by atoms with Crippen LogP contribution >= 0.6 is 0 Å². The summed E-state index contributed by atoms with van der Waals surface area (Å²) in [6, 6.07) is 9.95. The summed E-state index contributed by atoms with van der Waals surface area (Å²) in [6.07, 6.45) is -3.46. The molecule has 0 bridgehead atoms. The number of ether oxygens (including phenoxy) is 8. The molecule has 4 unspecified atom stereocenters. The third kappa shape index (κ3) is 21.0. The maximum atomic E-state index is 11.7. The van der Waals surface area contributed by atoms with Crippen LogP contribution in [0.1, 0.15) is 59.9 Å². The van der Waals surface area contributed by atoms with Gasteiger partial charge in [0, 0.05) is 19.6 Å². The number of rotatable bonds is 18. The maximum Gasteiger partial charge on any atom is 0.508 e. The first-order chi connectivity index (χ1) is 21.9. The second kappa shape index (κ2) is 25.4. The molecule has 14 heteroatoms. The highest BCUT2D eigenvalue weighted by molar-refractivity contribution is 5.61. The molecule has 0 radical (unpaired) electrons. The van der Waals surface area contributed by atoms with Gasteiger partial charge in [-0.25, -0.2) is 19.2 Å². The Hall–Kier alpha value is -3.78. The van der Waals surface area contributed by atoms with Crippen molar-refractivity contribution in [3.63, 3.8) is 0 Å². The topological polar surface area (TPSA) is 149 Å². The molecule has 1 aromatic rings. The molecule has 46 heavy (non-hydrogen) atoms. The average molecular weight is 659 g/mol. The minimum absolute atomic E-state index is 0.0747. The summed E-state index contributed by atoms with van der Waals surface area (Å²) in [7, 11) is 4.32. The van der Waals surface area contributed by atoms with E-state index in [0.717, 1.165) is 18.7 Å². The van der Waals surface area contributed by atoms with Gasteiger partial charge in [0.2, 0.25) is 0 Å². The van der Waals surface area contributed by atoms with Crippen LogP contribution in [-0.2, 0) is 44.4 Å². The zero-order valence-electron chi connectivity index (χ0n) is 28.9. The summed E-state index contributed by atoms with van der Waals surface area (Å²) >= 11 is 0. The second-order valence-electron chi connectivity index (χ2n) is 10.4. The van der Waals surface area contributed by atoms with Gasteiger partial charge in [0.1, 0.15) is 25.4 Å². The van der Waals surface area contributed by atoms with Gasteiger partial charge < -0.3 is 42.8 Å². The normalized spacial score (nSPS) is 13.2. The van der Waals surface area contributed by atoms with Gasteiger partial charge in [-0.2, -0.15) is 0 Å². The monoisotopic (exact) mass is 658 g/mol. The van der Waals surface area contributed by atoms with Crippen LogP contribution in [0.2, 0.25) is 0 Å². The van der Waals surface area contributed by atoms with Gasteiger partial charge in [-0.1, -0.05) is 58.0 Å². The number of carbonyl (C=O) groups excluding carboxylic acids is 4. The van der Waals surface area contributed by atoms with Crippen molar-refractivity contribution in [1.82, 2.24) is 9.80 Å². The molecule has 14 nitrogen and oxygen atoms in total. The predicted molar refractivity (Wildman–Crippen MR) is 169 cm³/mol. The lowest BCUT2D eigenvalue weighted by molar-refractivity contribution is -0.0292. The Bertz CT molecular complexity index is 981. The quantitative estimate of drug-likeness (QED) is 0.141. The summed E-state index contributed by atoms with van der Waals surface area (Å²) < 4.78 is 39.3. The van der Waals surface area contributed by atoms with E-state index in [-0.39, 0.29) is 25.4 Å². The van der Waals surface area contributed by atoms with Gasteiger partial charge in [-0.3, -0.25) is 4.90 Å². The summed E-state index contributed by atoms with van der Waals surface area (Å²) in [5.41, 5.74) is 1.14. The van der Waals surface area contributed by atoms with Crippen molar-refractivity contribution in [2.75, 3.05) is 60.7 Å². The fourth-order valence-corrected chi connectivity index (χ4v) is 3.41. The average Bonchev–Trinajstić information content (AvgIpc) is 3.05. The summed E-state index contributed by atoms with van der Waals surface area (Å²) in [5, 5.41) is 0. The second-order valence-corrected chi connectivity index (χ2v) is 10.4. The lowest BCUT2D eigenvalue weighted by atomic mass is 10.2. The van der Waals surface area contributed by atoms with E-state index in [9.17, 15) is 19.2 Å². The van der Waals surface area contributed by atoms with Crippen LogP contribution in [0.4, 0.5) is 19.2 Å². The lowest BCUT2D eigenvalue weighted by Crippen LogP contribution is -2.38. The molecular formula is C32H54N2O12. The van der Waals surface area contributed by atoms with Crippen LogP contribution < -0.4 is 0 Å². The Kier molecular flexibility index (Phi) is 23.3. The standard InChI is InChI=1S/C19H29NO6.C13H25NO6/c1-5-15(3)25-19(22)24-14-17(26-18(21)23-4)13-20(6-2)12-16-10-8-7-9-11-16;1-6-10(3)19-13(16)18-9-11(8-14(4)7-2)20-12(15)17-5/h7-11,15,17H,5-6,12-14H2,1-4H3;10-11H,6-9H2,1-5H3. The van der Waals surface area contributed by atoms with E-state index in [0.29, 0.717) is 32.5 Å². The van der Waals surface area contributed by atoms with Crippen molar-refractivity contribution >= 4 is 24.6 Å². The third-order valence-corrected chi connectivity index (χ3v) is 6.59. The fraction of sp³-hybridized carbons (Fsp3) is 0.688. The van der Waals surface area contributed by atoms with E-state index in [1.165, 1.54) is 14.2 Å². The van der Waals surface area contributed by atoms with Crippen molar-refractivity contribution in [3.05, 3.63) is 35.9 Å². The highest BCUT2D eigenvalue weighted by Gasteiger charge is 2.22. The molecule has 0 spiro atoms. The van der Waals surface area contributed by atoms with E-state index in [2.05, 4.69) is 14.4 Å². The van der Waals surface area contributed by atoms with Crippen LogP contribution in [0.25, 0.3) is 0 Å². The Morgan fingerprint density at radius 2 is 1.11 bits per heavy atom. The van der Waals surface area contributed by atoms with Crippen LogP contribution in [0, 0.1) is 0 Å². The zero-order valence-corrected chi connectivity index (χ0v) is 28.9. The summed E-state index contributed by atoms with van der Waals surface area (Å²) in [6.45, 7) is 14.2. The van der Waals surface area contributed by atoms with Crippen molar-refractivity contribution < 1.29 is 57.1 Å². The Labute approximate surface area is 273 Å². The van der Waals surface area contributed by atoms with E-state index < -0.39 is 36.8 Å². The SMILES string of the molecule is CCC(C)OC(=O)OCC(CN(C)CC)OC(=O)OC.CCC(C)OC(=O)OCC(CN(CC)Cc1ccccc1)OC(=O)OC.